The topological polar surface area (TPSA) is 109 Å². The van der Waals surface area contributed by atoms with Gasteiger partial charge in [0.15, 0.2) is 16.6 Å². The molecule has 1 saturated heterocycles. The highest BCUT2D eigenvalue weighted by atomic mass is 35.5. The van der Waals surface area contributed by atoms with Gasteiger partial charge in [0, 0.05) is 49.4 Å². The van der Waals surface area contributed by atoms with Crippen molar-refractivity contribution in [3.05, 3.63) is 63.9 Å². The van der Waals surface area contributed by atoms with Crippen molar-refractivity contribution in [1.29, 1.82) is 0 Å². The molecule has 0 saturated carbocycles. The van der Waals surface area contributed by atoms with E-state index in [2.05, 4.69) is 25.3 Å². The second-order valence-corrected chi connectivity index (χ2v) is 9.27. The average Bonchev–Trinajstić information content (AvgIpc) is 3.59. The predicted molar refractivity (Wildman–Crippen MR) is 128 cm³/mol. The molecule has 35 heavy (non-hydrogen) atoms. The Kier molecular flexibility index (Phi) is 7.05. The summed E-state index contributed by atoms with van der Waals surface area (Å²) in [6.45, 7) is 3.97. The Balaban J connectivity index is 1.34. The molecule has 5 rings (SSSR count). The summed E-state index contributed by atoms with van der Waals surface area (Å²) in [4.78, 5) is 23.1. The number of aromatic nitrogens is 7. The van der Waals surface area contributed by atoms with Gasteiger partial charge in [-0.25, -0.2) is 14.5 Å². The minimum absolute atomic E-state index is 0.0233. The molecular weight excluding hydrogens is 493 g/mol. The Morgan fingerprint density at radius 3 is 2.77 bits per heavy atom. The van der Waals surface area contributed by atoms with Gasteiger partial charge >= 0.3 is 0 Å². The summed E-state index contributed by atoms with van der Waals surface area (Å²) in [5, 5.41) is 13.1. The monoisotopic (exact) mass is 515 g/mol. The minimum Gasteiger partial charge on any atom is -0.381 e. The third kappa shape index (κ3) is 5.35. The lowest BCUT2D eigenvalue weighted by molar-refractivity contribution is -0.117. The molecule has 0 spiro atoms. The van der Waals surface area contributed by atoms with Gasteiger partial charge in [-0.3, -0.25) is 4.79 Å². The third-order valence-electron chi connectivity index (χ3n) is 5.84. The number of nitrogens with zero attached hydrogens (tertiary/aromatic N) is 7. The van der Waals surface area contributed by atoms with Crippen molar-refractivity contribution in [3.63, 3.8) is 0 Å². The van der Waals surface area contributed by atoms with Crippen LogP contribution in [-0.4, -0.2) is 60.2 Å². The molecule has 0 amide bonds. The zero-order valence-electron chi connectivity index (χ0n) is 19.0. The molecule has 182 valence electrons. The van der Waals surface area contributed by atoms with E-state index in [4.69, 9.17) is 32.7 Å². The van der Waals surface area contributed by atoms with E-state index in [1.165, 1.54) is 17.2 Å². The second kappa shape index (κ2) is 10.4. The van der Waals surface area contributed by atoms with E-state index in [1.807, 2.05) is 6.92 Å². The zero-order chi connectivity index (χ0) is 24.4. The number of ketones is 1. The van der Waals surface area contributed by atoms with Gasteiger partial charge in [-0.2, -0.15) is 15.3 Å². The van der Waals surface area contributed by atoms with Crippen molar-refractivity contribution in [2.75, 3.05) is 19.8 Å². The first-order valence-electron chi connectivity index (χ1n) is 11.2. The number of pyridine rings is 1. The van der Waals surface area contributed by atoms with Crippen LogP contribution < -0.4 is 0 Å². The van der Waals surface area contributed by atoms with Gasteiger partial charge in [-0.15, -0.1) is 4.80 Å². The van der Waals surface area contributed by atoms with Crippen LogP contribution in [0.2, 0.25) is 10.2 Å². The SMILES string of the molecule is C[C@H](OC[C@H]1CCOC1)c1c(CC(=O)Cc2cnc(-n3nccn3)c(Cl)c2)cnc2cc(Cl)nn12. The fourth-order valence-corrected chi connectivity index (χ4v) is 4.58. The summed E-state index contributed by atoms with van der Waals surface area (Å²) in [5.41, 5.74) is 2.78. The van der Waals surface area contributed by atoms with Gasteiger partial charge in [0.05, 0.1) is 42.4 Å². The lowest BCUT2D eigenvalue weighted by Gasteiger charge is -2.19. The number of hydrogen-bond acceptors (Lipinski definition) is 8. The number of hydrogen-bond donors (Lipinski definition) is 0. The minimum atomic E-state index is -0.322. The van der Waals surface area contributed by atoms with Crippen LogP contribution >= 0.6 is 23.2 Å². The van der Waals surface area contributed by atoms with Gasteiger partial charge in [0.1, 0.15) is 5.78 Å². The van der Waals surface area contributed by atoms with Crippen molar-refractivity contribution < 1.29 is 14.3 Å². The molecule has 4 aromatic heterocycles. The molecule has 0 N–H and O–H groups in total. The Morgan fingerprint density at radius 1 is 1.20 bits per heavy atom. The van der Waals surface area contributed by atoms with Gasteiger partial charge in [-0.1, -0.05) is 23.2 Å². The maximum Gasteiger partial charge on any atom is 0.193 e. The van der Waals surface area contributed by atoms with Gasteiger partial charge in [0.25, 0.3) is 0 Å². The van der Waals surface area contributed by atoms with Crippen LogP contribution in [0.1, 0.15) is 36.3 Å². The molecule has 0 unspecified atom stereocenters. The Labute approximate surface area is 211 Å². The van der Waals surface area contributed by atoms with Crippen LogP contribution in [0.4, 0.5) is 0 Å². The molecule has 4 aromatic rings. The van der Waals surface area contributed by atoms with Crippen LogP contribution in [-0.2, 0) is 27.1 Å². The second-order valence-electron chi connectivity index (χ2n) is 8.47. The first-order chi connectivity index (χ1) is 17.0. The fraction of sp³-hybridized carbons (Fsp3) is 0.391. The van der Waals surface area contributed by atoms with Crippen molar-refractivity contribution in [2.45, 2.75) is 32.3 Å². The van der Waals surface area contributed by atoms with Crippen molar-refractivity contribution >= 4 is 34.6 Å². The summed E-state index contributed by atoms with van der Waals surface area (Å²) >= 11 is 12.5. The number of Topliss-reactive ketones (excluding diaryl/α,β-unsaturated/α-hetero) is 1. The van der Waals surface area contributed by atoms with Gasteiger partial charge in [-0.05, 0) is 25.0 Å². The highest BCUT2D eigenvalue weighted by molar-refractivity contribution is 6.32. The summed E-state index contributed by atoms with van der Waals surface area (Å²) in [6.07, 6.45) is 7.33. The third-order valence-corrected chi connectivity index (χ3v) is 6.30. The molecule has 1 aliphatic rings. The summed E-state index contributed by atoms with van der Waals surface area (Å²) in [7, 11) is 0. The van der Waals surface area contributed by atoms with Crippen LogP contribution in [0.15, 0.2) is 36.9 Å². The fourth-order valence-electron chi connectivity index (χ4n) is 4.14. The molecular formula is C23H23Cl2N7O3. The summed E-state index contributed by atoms with van der Waals surface area (Å²) in [5.74, 6) is 0.738. The molecule has 0 bridgehead atoms. The number of fused-ring (bicyclic) bond motifs is 1. The van der Waals surface area contributed by atoms with Crippen molar-refractivity contribution in [2.24, 2.45) is 5.92 Å². The van der Waals surface area contributed by atoms with E-state index < -0.39 is 0 Å². The van der Waals surface area contributed by atoms with E-state index in [-0.39, 0.29) is 24.7 Å². The largest absolute Gasteiger partial charge is 0.381 e. The van der Waals surface area contributed by atoms with Gasteiger partial charge < -0.3 is 9.47 Å². The first-order valence-corrected chi connectivity index (χ1v) is 12.0. The molecule has 0 aliphatic carbocycles. The molecule has 10 nitrogen and oxygen atoms in total. The molecule has 12 heteroatoms. The first kappa shape index (κ1) is 23.8. The predicted octanol–water partition coefficient (Wildman–Crippen LogP) is 3.48. The summed E-state index contributed by atoms with van der Waals surface area (Å²) in [6, 6.07) is 3.38. The Bertz CT molecular complexity index is 1340. The maximum atomic E-state index is 13.0. The quantitative estimate of drug-likeness (QED) is 0.333. The number of carbonyl (C=O) groups is 1. The Morgan fingerprint density at radius 2 is 2.03 bits per heavy atom. The van der Waals surface area contributed by atoms with Crippen LogP contribution in [0.25, 0.3) is 11.5 Å². The zero-order valence-corrected chi connectivity index (χ0v) is 20.5. The highest BCUT2D eigenvalue weighted by Gasteiger charge is 2.23. The molecule has 1 fully saturated rings. The molecule has 1 aliphatic heterocycles. The lowest BCUT2D eigenvalue weighted by Crippen LogP contribution is -2.18. The molecule has 5 heterocycles. The van der Waals surface area contributed by atoms with E-state index in [9.17, 15) is 4.79 Å². The lowest BCUT2D eigenvalue weighted by atomic mass is 10.0. The van der Waals surface area contributed by atoms with E-state index in [0.717, 1.165) is 24.3 Å². The van der Waals surface area contributed by atoms with Gasteiger partial charge in [0.2, 0.25) is 0 Å². The van der Waals surface area contributed by atoms with Crippen LogP contribution in [0, 0.1) is 5.92 Å². The number of ether oxygens (including phenoxy) is 2. The van der Waals surface area contributed by atoms with E-state index in [1.54, 1.807) is 29.0 Å². The Hall–Kier alpha value is -2.92. The standard InChI is InChI=1S/C23H23Cl2N7O3/c1-14(35-13-15-2-5-34-12-15)22-17(11-26-21-9-20(25)30-31(21)22)8-18(33)6-16-7-19(24)23(27-10-16)32-28-3-4-29-32/h3-4,7,9-11,14-15H,2,5-6,8,12-13H2,1H3/t14-,15-/m0/s1. The molecule has 0 radical (unpaired) electrons. The number of rotatable bonds is 9. The van der Waals surface area contributed by atoms with E-state index in [0.29, 0.717) is 46.3 Å². The van der Waals surface area contributed by atoms with Crippen molar-refractivity contribution in [3.8, 4) is 5.82 Å². The van der Waals surface area contributed by atoms with E-state index >= 15 is 0 Å². The average molecular weight is 516 g/mol. The molecule has 0 aromatic carbocycles. The number of carbonyl (C=O) groups excluding carboxylic acids is 1. The smallest absolute Gasteiger partial charge is 0.193 e. The highest BCUT2D eigenvalue weighted by Crippen LogP contribution is 2.26. The normalized spacial score (nSPS) is 16.7. The van der Waals surface area contributed by atoms with Crippen LogP contribution in [0.3, 0.4) is 0 Å². The van der Waals surface area contributed by atoms with Crippen molar-refractivity contribution in [1.82, 2.24) is 34.6 Å². The molecule has 2 atom stereocenters. The summed E-state index contributed by atoms with van der Waals surface area (Å²) < 4.78 is 13.3. The maximum absolute atomic E-state index is 13.0. The van der Waals surface area contributed by atoms with Crippen LogP contribution in [0.5, 0.6) is 0 Å². The number of halogens is 2.